The molecular weight excluding hydrogens is 757 g/mol. The fourth-order valence-electron chi connectivity index (χ4n) is 8.42. The highest BCUT2D eigenvalue weighted by molar-refractivity contribution is 7.91. The zero-order valence-corrected chi connectivity index (χ0v) is 34.4. The van der Waals surface area contributed by atoms with Crippen molar-refractivity contribution in [3.05, 3.63) is 78.9 Å². The molecule has 2 aliphatic heterocycles. The quantitative estimate of drug-likeness (QED) is 0.220. The van der Waals surface area contributed by atoms with E-state index in [9.17, 15) is 32.4 Å². The van der Waals surface area contributed by atoms with Crippen molar-refractivity contribution in [1.82, 2.24) is 30.1 Å². The first-order valence-electron chi connectivity index (χ1n) is 20.5. The highest BCUT2D eigenvalue weighted by Gasteiger charge is 2.62. The van der Waals surface area contributed by atoms with Gasteiger partial charge >= 0.3 is 0 Å². The number of fused-ring (bicyclic) bond motifs is 1. The standard InChI is InChI=1S/C44H54N6O7S/c1-5-29-26-44(29,42(55)48-58(56,57)31-19-20-31)47-40(53)37-23-30(27-50(37)41(54)34(43(2,3)4)25-38(51)49-21-13-6-7-14-22-49)45-39(52)33-24-36(28-15-9-8-10-16-28)46-35-18-12-11-17-32(33)35/h5,8-12,15-18,24,29-31,34,37H,1,6-7,13-14,19-23,25-27H2,2-4H3,(H,45,52)(H,47,53)(H,48,55)/t29?,30-,34-,37+,44?/m1/s1. The van der Waals surface area contributed by atoms with Crippen molar-refractivity contribution in [3.8, 4) is 11.3 Å². The van der Waals surface area contributed by atoms with Crippen molar-refractivity contribution >= 4 is 50.5 Å². The third-order valence-corrected chi connectivity index (χ3v) is 14.0. The van der Waals surface area contributed by atoms with Crippen molar-refractivity contribution in [3.63, 3.8) is 0 Å². The van der Waals surface area contributed by atoms with Crippen LogP contribution in [0.25, 0.3) is 22.2 Å². The molecule has 58 heavy (non-hydrogen) atoms. The molecule has 7 rings (SSSR count). The van der Waals surface area contributed by atoms with Crippen LogP contribution < -0.4 is 15.4 Å². The summed E-state index contributed by atoms with van der Waals surface area (Å²) in [5.74, 6) is -3.74. The van der Waals surface area contributed by atoms with Crippen LogP contribution in [-0.4, -0.2) is 95.2 Å². The van der Waals surface area contributed by atoms with Gasteiger partial charge in [0.15, 0.2) is 0 Å². The second kappa shape index (κ2) is 16.3. The first-order valence-corrected chi connectivity index (χ1v) is 22.0. The van der Waals surface area contributed by atoms with Crippen LogP contribution in [0.15, 0.2) is 73.3 Å². The smallest absolute Gasteiger partial charge is 0.259 e. The molecule has 4 aliphatic rings. The number of aromatic nitrogens is 1. The predicted molar refractivity (Wildman–Crippen MR) is 220 cm³/mol. The molecule has 4 fully saturated rings. The van der Waals surface area contributed by atoms with E-state index in [0.717, 1.165) is 31.2 Å². The Bertz CT molecular complexity index is 2210. The van der Waals surface area contributed by atoms with E-state index in [1.807, 2.05) is 80.3 Å². The van der Waals surface area contributed by atoms with E-state index in [1.165, 1.54) is 11.0 Å². The molecule has 308 valence electrons. The highest BCUT2D eigenvalue weighted by Crippen LogP contribution is 2.46. The van der Waals surface area contributed by atoms with Crippen LogP contribution in [0.1, 0.15) is 88.9 Å². The summed E-state index contributed by atoms with van der Waals surface area (Å²) < 4.78 is 27.8. The molecule has 3 aromatic rings. The first-order chi connectivity index (χ1) is 27.6. The normalized spacial score (nSPS) is 24.0. The molecule has 2 aliphatic carbocycles. The molecule has 13 nitrogen and oxygen atoms in total. The molecule has 5 amide bonds. The van der Waals surface area contributed by atoms with Gasteiger partial charge in [-0.05, 0) is 56.1 Å². The number of carbonyl (C=O) groups is 5. The second-order valence-electron chi connectivity index (χ2n) is 17.5. The molecule has 2 saturated carbocycles. The fourth-order valence-corrected chi connectivity index (χ4v) is 9.79. The minimum atomic E-state index is -3.91. The van der Waals surface area contributed by atoms with Crippen LogP contribution in [-0.2, 0) is 29.2 Å². The summed E-state index contributed by atoms with van der Waals surface area (Å²) in [6, 6.07) is 16.8. The molecule has 3 heterocycles. The van der Waals surface area contributed by atoms with E-state index in [2.05, 4.69) is 21.9 Å². The molecule has 14 heteroatoms. The fraction of sp³-hybridized carbons (Fsp3) is 0.500. The molecule has 0 bridgehead atoms. The summed E-state index contributed by atoms with van der Waals surface area (Å²) in [6.45, 7) is 10.7. The molecule has 0 spiro atoms. The van der Waals surface area contributed by atoms with Crippen LogP contribution in [0.5, 0.6) is 0 Å². The highest BCUT2D eigenvalue weighted by atomic mass is 32.2. The number of benzene rings is 2. The van der Waals surface area contributed by atoms with Crippen LogP contribution in [0.2, 0.25) is 0 Å². The van der Waals surface area contributed by atoms with Crippen LogP contribution in [0.3, 0.4) is 0 Å². The average molecular weight is 811 g/mol. The summed E-state index contributed by atoms with van der Waals surface area (Å²) >= 11 is 0. The Kier molecular flexibility index (Phi) is 11.5. The number of nitrogens with zero attached hydrogens (tertiary/aromatic N) is 3. The zero-order valence-electron chi connectivity index (χ0n) is 33.5. The SMILES string of the molecule is C=CC1CC1(NC(=O)[C@@H]1C[C@@H](NC(=O)c2cc(-c3ccccc3)nc3ccccc23)CN1C(=O)[C@@H](CC(=O)N1CCCCCC1)C(C)(C)C)C(=O)NS(=O)(=O)C1CC1. The van der Waals surface area contributed by atoms with E-state index in [4.69, 9.17) is 4.98 Å². The Hall–Kier alpha value is -5.11. The summed E-state index contributed by atoms with van der Waals surface area (Å²) in [7, 11) is -3.91. The largest absolute Gasteiger partial charge is 0.347 e. The Morgan fingerprint density at radius 1 is 0.966 bits per heavy atom. The third-order valence-electron chi connectivity index (χ3n) is 12.2. The van der Waals surface area contributed by atoms with Crippen molar-refractivity contribution < 1.29 is 32.4 Å². The van der Waals surface area contributed by atoms with Gasteiger partial charge in [0.25, 0.3) is 11.8 Å². The average Bonchev–Trinajstić information content (AvgIpc) is 4.13. The van der Waals surface area contributed by atoms with Gasteiger partial charge in [0.2, 0.25) is 27.7 Å². The van der Waals surface area contributed by atoms with E-state index in [-0.39, 0.29) is 31.7 Å². The maximum atomic E-state index is 14.9. The van der Waals surface area contributed by atoms with Crippen LogP contribution in [0.4, 0.5) is 0 Å². The molecule has 0 radical (unpaired) electrons. The van der Waals surface area contributed by atoms with Gasteiger partial charge in [-0.15, -0.1) is 6.58 Å². The molecule has 2 aromatic carbocycles. The lowest BCUT2D eigenvalue weighted by Gasteiger charge is -2.36. The van der Waals surface area contributed by atoms with Gasteiger partial charge in [-0.25, -0.2) is 13.4 Å². The van der Waals surface area contributed by atoms with Gasteiger partial charge in [-0.1, -0.05) is 88.2 Å². The van der Waals surface area contributed by atoms with Gasteiger partial charge < -0.3 is 20.4 Å². The van der Waals surface area contributed by atoms with Crippen LogP contribution in [0, 0.1) is 17.3 Å². The third kappa shape index (κ3) is 8.67. The van der Waals surface area contributed by atoms with E-state index >= 15 is 0 Å². The lowest BCUT2D eigenvalue weighted by atomic mass is 9.77. The van der Waals surface area contributed by atoms with Crippen molar-refractivity contribution in [2.45, 2.75) is 101 Å². The number of sulfonamides is 1. The number of para-hydroxylation sites is 1. The van der Waals surface area contributed by atoms with Gasteiger partial charge in [0, 0.05) is 49.0 Å². The minimum absolute atomic E-state index is 0.0195. The maximum absolute atomic E-state index is 14.9. The number of hydrogen-bond donors (Lipinski definition) is 3. The molecule has 3 N–H and O–H groups in total. The summed E-state index contributed by atoms with van der Waals surface area (Å²) in [5, 5.41) is 5.92. The number of amides is 5. The van der Waals surface area contributed by atoms with E-state index in [0.29, 0.717) is 48.1 Å². The number of rotatable bonds is 12. The number of hydrogen-bond acceptors (Lipinski definition) is 8. The number of carbonyl (C=O) groups excluding carboxylic acids is 5. The first kappa shape index (κ1) is 41.1. The Labute approximate surface area is 340 Å². The Morgan fingerprint density at radius 3 is 2.28 bits per heavy atom. The molecule has 2 unspecified atom stereocenters. The summed E-state index contributed by atoms with van der Waals surface area (Å²) in [6.07, 6.45) is 6.44. The predicted octanol–water partition coefficient (Wildman–Crippen LogP) is 4.73. The number of pyridine rings is 1. The second-order valence-corrected chi connectivity index (χ2v) is 19.4. The van der Waals surface area contributed by atoms with Crippen molar-refractivity contribution in [1.29, 1.82) is 0 Å². The van der Waals surface area contributed by atoms with Crippen molar-refractivity contribution in [2.24, 2.45) is 17.3 Å². The van der Waals surface area contributed by atoms with E-state index in [1.54, 1.807) is 6.07 Å². The zero-order chi connectivity index (χ0) is 41.4. The molecule has 1 aromatic heterocycles. The lowest BCUT2D eigenvalue weighted by Crippen LogP contribution is -2.57. The number of likely N-dealkylation sites (tertiary alicyclic amines) is 2. The molecule has 2 saturated heterocycles. The van der Waals surface area contributed by atoms with Crippen molar-refractivity contribution in [2.75, 3.05) is 19.6 Å². The Balaban J connectivity index is 1.18. The van der Waals surface area contributed by atoms with Gasteiger partial charge in [-0.2, -0.15) is 0 Å². The lowest BCUT2D eigenvalue weighted by molar-refractivity contribution is -0.148. The maximum Gasteiger partial charge on any atom is 0.259 e. The van der Waals surface area contributed by atoms with Gasteiger partial charge in [0.1, 0.15) is 11.6 Å². The van der Waals surface area contributed by atoms with Gasteiger partial charge in [-0.3, -0.25) is 28.7 Å². The molecular formula is C44H54N6O7S. The summed E-state index contributed by atoms with van der Waals surface area (Å²) in [4.78, 5) is 79.1. The summed E-state index contributed by atoms with van der Waals surface area (Å²) in [5.41, 5.74) is 0.219. The Morgan fingerprint density at radius 2 is 1.64 bits per heavy atom. The topological polar surface area (TPSA) is 175 Å². The minimum Gasteiger partial charge on any atom is -0.347 e. The monoisotopic (exact) mass is 810 g/mol. The van der Waals surface area contributed by atoms with Crippen LogP contribution >= 0.6 is 0 Å². The number of nitrogens with one attached hydrogen (secondary N) is 3. The van der Waals surface area contributed by atoms with Gasteiger partial charge in [0.05, 0.1) is 27.9 Å². The molecule has 5 atom stereocenters. The van der Waals surface area contributed by atoms with E-state index < -0.39 is 73.8 Å².